The number of carbonyl (C=O) groups excluding carboxylic acids is 1. The molecule has 1 amide bonds. The minimum Gasteiger partial charge on any atom is -0.354 e. The zero-order chi connectivity index (χ0) is 9.78. The van der Waals surface area contributed by atoms with Crippen molar-refractivity contribution in [3.05, 3.63) is 0 Å². The maximum atomic E-state index is 11.2. The largest absolute Gasteiger partial charge is 0.354 e. The van der Waals surface area contributed by atoms with Crippen LogP contribution in [0.3, 0.4) is 0 Å². The number of rotatable bonds is 3. The van der Waals surface area contributed by atoms with E-state index >= 15 is 0 Å². The average Bonchev–Trinajstić information content (AvgIpc) is 1.97. The van der Waals surface area contributed by atoms with Crippen molar-refractivity contribution in [1.29, 1.82) is 0 Å². The Bertz CT molecular complexity index is 149. The molecule has 0 saturated carbocycles. The van der Waals surface area contributed by atoms with Gasteiger partial charge in [0.2, 0.25) is 5.91 Å². The summed E-state index contributed by atoms with van der Waals surface area (Å²) < 4.78 is 0. The molecule has 0 saturated heterocycles. The first-order valence-corrected chi connectivity index (χ1v) is 4.40. The molecule has 0 aliphatic carbocycles. The summed E-state index contributed by atoms with van der Waals surface area (Å²) in [4.78, 5) is 11.2. The topological polar surface area (TPSA) is 55.1 Å². The molecule has 0 aliphatic rings. The number of carbonyl (C=O) groups is 1. The van der Waals surface area contributed by atoms with E-state index in [0.717, 1.165) is 0 Å². The molecule has 3 N–H and O–H groups in total. The maximum Gasteiger partial charge on any atom is 0.236 e. The molecule has 0 aromatic heterocycles. The van der Waals surface area contributed by atoms with Crippen LogP contribution in [0.25, 0.3) is 0 Å². The molecule has 72 valence electrons. The van der Waals surface area contributed by atoms with Crippen molar-refractivity contribution in [3.63, 3.8) is 0 Å². The Morgan fingerprint density at radius 2 is 2.00 bits per heavy atom. The Morgan fingerprint density at radius 3 is 2.33 bits per heavy atom. The second kappa shape index (κ2) is 4.45. The van der Waals surface area contributed by atoms with Gasteiger partial charge in [-0.05, 0) is 11.8 Å². The van der Waals surface area contributed by atoms with E-state index in [2.05, 4.69) is 26.1 Å². The van der Waals surface area contributed by atoms with E-state index in [4.69, 9.17) is 5.73 Å². The number of nitrogens with two attached hydrogens (primary N) is 1. The molecule has 0 fully saturated rings. The van der Waals surface area contributed by atoms with Crippen molar-refractivity contribution >= 4 is 5.91 Å². The molecule has 0 spiro atoms. The lowest BCUT2D eigenvalue weighted by Crippen LogP contribution is -2.43. The van der Waals surface area contributed by atoms with Gasteiger partial charge in [-0.1, -0.05) is 27.7 Å². The molecule has 0 aromatic rings. The van der Waals surface area contributed by atoms with E-state index < -0.39 is 0 Å². The maximum absolute atomic E-state index is 11.2. The highest BCUT2D eigenvalue weighted by Gasteiger charge is 2.15. The number of nitrogens with one attached hydrogen (secondary N) is 1. The molecule has 0 heterocycles. The molecule has 3 heteroatoms. The molecule has 0 rings (SSSR count). The lowest BCUT2D eigenvalue weighted by atomic mass is 9.97. The minimum absolute atomic E-state index is 0.0487. The minimum atomic E-state index is -0.354. The predicted molar refractivity (Wildman–Crippen MR) is 50.7 cm³/mol. The summed E-state index contributed by atoms with van der Waals surface area (Å²) >= 11 is 0. The normalized spacial score (nSPS) is 14.1. The van der Waals surface area contributed by atoms with E-state index in [1.807, 2.05) is 6.92 Å². The van der Waals surface area contributed by atoms with Crippen molar-refractivity contribution in [2.45, 2.75) is 40.2 Å². The molecule has 1 atom stereocenters. The highest BCUT2D eigenvalue weighted by atomic mass is 16.2. The quantitative estimate of drug-likeness (QED) is 0.664. The van der Waals surface area contributed by atoms with Crippen molar-refractivity contribution in [3.8, 4) is 0 Å². The van der Waals surface area contributed by atoms with Gasteiger partial charge in [-0.15, -0.1) is 0 Å². The second-order valence-electron chi connectivity index (χ2n) is 4.29. The van der Waals surface area contributed by atoms with Crippen molar-refractivity contribution in [2.24, 2.45) is 11.1 Å². The van der Waals surface area contributed by atoms with E-state index in [-0.39, 0.29) is 17.4 Å². The van der Waals surface area contributed by atoms with E-state index in [0.29, 0.717) is 13.0 Å². The summed E-state index contributed by atoms with van der Waals surface area (Å²) in [7, 11) is 0. The fraction of sp³-hybridized carbons (Fsp3) is 0.889. The molecule has 0 bridgehead atoms. The third-order valence-corrected chi connectivity index (χ3v) is 1.57. The summed E-state index contributed by atoms with van der Waals surface area (Å²) in [5, 5.41) is 2.81. The highest BCUT2D eigenvalue weighted by molar-refractivity contribution is 5.81. The molecule has 1 unspecified atom stereocenters. The standard InChI is InChI=1S/C9H20N2O/c1-5-7(10)8(12)11-6-9(2,3)4/h7H,5-6,10H2,1-4H3,(H,11,12). The monoisotopic (exact) mass is 172 g/mol. The predicted octanol–water partition coefficient (Wildman–Crippen LogP) is 0.886. The number of hydrogen-bond acceptors (Lipinski definition) is 2. The smallest absolute Gasteiger partial charge is 0.236 e. The van der Waals surface area contributed by atoms with Gasteiger partial charge in [-0.3, -0.25) is 4.79 Å². The van der Waals surface area contributed by atoms with Crippen molar-refractivity contribution in [2.75, 3.05) is 6.54 Å². The summed E-state index contributed by atoms with van der Waals surface area (Å²) in [6.45, 7) is 8.81. The summed E-state index contributed by atoms with van der Waals surface area (Å²) in [6, 6.07) is -0.354. The fourth-order valence-electron chi connectivity index (χ4n) is 0.669. The van der Waals surface area contributed by atoms with Gasteiger partial charge in [0.25, 0.3) is 0 Å². The van der Waals surface area contributed by atoms with Crippen LogP contribution in [-0.2, 0) is 4.79 Å². The van der Waals surface area contributed by atoms with Crippen LogP contribution in [0.2, 0.25) is 0 Å². The van der Waals surface area contributed by atoms with Crippen LogP contribution in [0.5, 0.6) is 0 Å². The SMILES string of the molecule is CCC(N)C(=O)NCC(C)(C)C. The molecule has 0 radical (unpaired) electrons. The summed E-state index contributed by atoms with van der Waals surface area (Å²) in [6.07, 6.45) is 0.690. The molecule has 3 nitrogen and oxygen atoms in total. The third-order valence-electron chi connectivity index (χ3n) is 1.57. The third kappa shape index (κ3) is 5.13. The van der Waals surface area contributed by atoms with Gasteiger partial charge in [-0.2, -0.15) is 0 Å². The number of amides is 1. The number of hydrogen-bond donors (Lipinski definition) is 2. The molecule has 0 aromatic carbocycles. The second-order valence-corrected chi connectivity index (χ2v) is 4.29. The molecule has 12 heavy (non-hydrogen) atoms. The van der Waals surface area contributed by atoms with Gasteiger partial charge >= 0.3 is 0 Å². The van der Waals surface area contributed by atoms with Crippen LogP contribution in [0, 0.1) is 5.41 Å². The van der Waals surface area contributed by atoms with Gasteiger partial charge in [-0.25, -0.2) is 0 Å². The van der Waals surface area contributed by atoms with Crippen LogP contribution >= 0.6 is 0 Å². The van der Waals surface area contributed by atoms with Crippen LogP contribution in [0.15, 0.2) is 0 Å². The summed E-state index contributed by atoms with van der Waals surface area (Å²) in [5.41, 5.74) is 5.66. The zero-order valence-electron chi connectivity index (χ0n) is 8.48. The first-order valence-electron chi connectivity index (χ1n) is 4.40. The summed E-state index contributed by atoms with van der Waals surface area (Å²) in [5.74, 6) is -0.0487. The van der Waals surface area contributed by atoms with E-state index in [1.54, 1.807) is 0 Å². The van der Waals surface area contributed by atoms with Crippen LogP contribution in [0.1, 0.15) is 34.1 Å². The van der Waals surface area contributed by atoms with Crippen LogP contribution in [-0.4, -0.2) is 18.5 Å². The van der Waals surface area contributed by atoms with Crippen LogP contribution in [0.4, 0.5) is 0 Å². The molecular formula is C9H20N2O. The Balaban J connectivity index is 3.72. The average molecular weight is 172 g/mol. The molecular weight excluding hydrogens is 152 g/mol. The Kier molecular flexibility index (Phi) is 4.24. The van der Waals surface area contributed by atoms with E-state index in [9.17, 15) is 4.79 Å². The fourth-order valence-corrected chi connectivity index (χ4v) is 0.669. The van der Waals surface area contributed by atoms with Gasteiger partial charge in [0, 0.05) is 6.54 Å². The first kappa shape index (κ1) is 11.4. The van der Waals surface area contributed by atoms with Crippen molar-refractivity contribution < 1.29 is 4.79 Å². The Hall–Kier alpha value is -0.570. The van der Waals surface area contributed by atoms with Gasteiger partial charge in [0.15, 0.2) is 0 Å². The van der Waals surface area contributed by atoms with Crippen LogP contribution < -0.4 is 11.1 Å². The lowest BCUT2D eigenvalue weighted by molar-refractivity contribution is -0.122. The van der Waals surface area contributed by atoms with E-state index in [1.165, 1.54) is 0 Å². The first-order chi connectivity index (χ1) is 5.37. The Morgan fingerprint density at radius 1 is 1.50 bits per heavy atom. The lowest BCUT2D eigenvalue weighted by Gasteiger charge is -2.20. The van der Waals surface area contributed by atoms with Gasteiger partial charge in [0.05, 0.1) is 6.04 Å². The van der Waals surface area contributed by atoms with Crippen molar-refractivity contribution in [1.82, 2.24) is 5.32 Å². The highest BCUT2D eigenvalue weighted by Crippen LogP contribution is 2.10. The molecule has 0 aliphatic heterocycles. The van der Waals surface area contributed by atoms with Gasteiger partial charge in [0.1, 0.15) is 0 Å². The zero-order valence-corrected chi connectivity index (χ0v) is 8.48. The van der Waals surface area contributed by atoms with Gasteiger partial charge < -0.3 is 11.1 Å². The Labute approximate surface area is 74.7 Å².